The molecule has 0 radical (unpaired) electrons. The van der Waals surface area contributed by atoms with Gasteiger partial charge in [0.1, 0.15) is 0 Å². The van der Waals surface area contributed by atoms with E-state index in [4.69, 9.17) is 9.79 Å². The van der Waals surface area contributed by atoms with Crippen molar-refractivity contribution in [1.82, 2.24) is 4.98 Å². The molecule has 0 bridgehead atoms. The molecular weight excluding hydrogens is 245 g/mol. The van der Waals surface area contributed by atoms with Crippen LogP contribution in [0.4, 0.5) is 0 Å². The molecule has 0 aliphatic rings. The summed E-state index contributed by atoms with van der Waals surface area (Å²) in [5.74, 6) is 0. The minimum Gasteiger partial charge on any atom is -0.324 e. The molecule has 0 saturated carbocycles. The number of hydrogen-bond donors (Lipinski definition) is 2. The van der Waals surface area contributed by atoms with Crippen molar-refractivity contribution in [3.05, 3.63) is 28.5 Å². The van der Waals surface area contributed by atoms with Crippen molar-refractivity contribution >= 4 is 23.5 Å². The zero-order valence-electron chi connectivity index (χ0n) is 6.01. The van der Waals surface area contributed by atoms with Crippen LogP contribution in [-0.4, -0.2) is 14.8 Å². The molecule has 0 unspecified atom stereocenters. The Morgan fingerprint density at radius 3 is 2.75 bits per heavy atom. The fraction of sp³-hybridized carbons (Fsp3) is 0.167. The molecule has 0 saturated heterocycles. The van der Waals surface area contributed by atoms with Gasteiger partial charge in [0.15, 0.2) is 0 Å². The lowest BCUT2D eigenvalue weighted by Gasteiger charge is -2.02. The molecule has 1 aromatic heterocycles. The summed E-state index contributed by atoms with van der Waals surface area (Å²) < 4.78 is 11.3. The standard InChI is InChI=1S/C6H7BrNO3P/c7-5-1-2-8-6(3-5)4-12(9,10)11/h1-3H,4H2,(H2,9,10,11). The first-order valence-electron chi connectivity index (χ1n) is 3.12. The van der Waals surface area contributed by atoms with Crippen LogP contribution >= 0.6 is 23.5 Å². The second-order valence-electron chi connectivity index (χ2n) is 2.29. The first-order chi connectivity index (χ1) is 5.47. The van der Waals surface area contributed by atoms with Gasteiger partial charge in [0.25, 0.3) is 0 Å². The van der Waals surface area contributed by atoms with Gasteiger partial charge in [-0.05, 0) is 12.1 Å². The second kappa shape index (κ2) is 3.66. The molecule has 2 N–H and O–H groups in total. The second-order valence-corrected chi connectivity index (χ2v) is 4.85. The molecule has 0 spiro atoms. The third-order valence-corrected chi connectivity index (χ3v) is 2.38. The van der Waals surface area contributed by atoms with Gasteiger partial charge in [-0.1, -0.05) is 15.9 Å². The van der Waals surface area contributed by atoms with Gasteiger partial charge in [-0.25, -0.2) is 0 Å². The van der Waals surface area contributed by atoms with Gasteiger partial charge in [-0.3, -0.25) is 9.55 Å². The van der Waals surface area contributed by atoms with E-state index >= 15 is 0 Å². The maximum atomic E-state index is 10.6. The molecule has 0 atom stereocenters. The number of rotatable bonds is 2. The number of nitrogens with zero attached hydrogens (tertiary/aromatic N) is 1. The van der Waals surface area contributed by atoms with E-state index in [1.54, 1.807) is 12.1 Å². The SMILES string of the molecule is O=P(O)(O)Cc1cc(Br)ccn1. The monoisotopic (exact) mass is 251 g/mol. The van der Waals surface area contributed by atoms with Crippen LogP contribution in [0.3, 0.4) is 0 Å². The van der Waals surface area contributed by atoms with E-state index in [-0.39, 0.29) is 6.16 Å². The van der Waals surface area contributed by atoms with E-state index in [0.29, 0.717) is 5.69 Å². The van der Waals surface area contributed by atoms with Gasteiger partial charge in [-0.2, -0.15) is 0 Å². The fourth-order valence-electron chi connectivity index (χ4n) is 0.746. The Bertz CT molecular complexity index is 324. The van der Waals surface area contributed by atoms with E-state index in [2.05, 4.69) is 20.9 Å². The Kier molecular flexibility index (Phi) is 3.01. The molecule has 6 heteroatoms. The minimum atomic E-state index is -3.99. The normalized spacial score (nSPS) is 11.6. The molecule has 0 aromatic carbocycles. The zero-order chi connectivity index (χ0) is 9.19. The molecule has 4 nitrogen and oxygen atoms in total. The summed E-state index contributed by atoms with van der Waals surface area (Å²) in [6.07, 6.45) is 1.18. The molecule has 66 valence electrons. The third-order valence-electron chi connectivity index (χ3n) is 1.15. The van der Waals surface area contributed by atoms with Crippen LogP contribution in [0.15, 0.2) is 22.8 Å². The Morgan fingerprint density at radius 2 is 2.25 bits per heavy atom. The first kappa shape index (κ1) is 9.86. The van der Waals surface area contributed by atoms with Crippen molar-refractivity contribution in [3.8, 4) is 0 Å². The third kappa shape index (κ3) is 3.45. The average molecular weight is 252 g/mol. The lowest BCUT2D eigenvalue weighted by molar-refractivity contribution is 0.371. The number of halogens is 1. The molecule has 12 heavy (non-hydrogen) atoms. The van der Waals surface area contributed by atoms with Gasteiger partial charge >= 0.3 is 7.60 Å². The molecule has 0 aliphatic heterocycles. The topological polar surface area (TPSA) is 70.4 Å². The maximum Gasteiger partial charge on any atom is 0.331 e. The van der Waals surface area contributed by atoms with Crippen LogP contribution in [0, 0.1) is 0 Å². The molecule has 0 aliphatic carbocycles. The summed E-state index contributed by atoms with van der Waals surface area (Å²) in [5.41, 5.74) is 0.387. The zero-order valence-corrected chi connectivity index (χ0v) is 8.49. The van der Waals surface area contributed by atoms with E-state index in [0.717, 1.165) is 4.47 Å². The number of hydrogen-bond acceptors (Lipinski definition) is 2. The van der Waals surface area contributed by atoms with Gasteiger partial charge in [0.05, 0.1) is 11.9 Å². The van der Waals surface area contributed by atoms with E-state index in [9.17, 15) is 4.57 Å². The highest BCUT2D eigenvalue weighted by atomic mass is 79.9. The summed E-state index contributed by atoms with van der Waals surface area (Å²) in [6, 6.07) is 3.28. The highest BCUT2D eigenvalue weighted by Crippen LogP contribution is 2.38. The minimum absolute atomic E-state index is 0.313. The quantitative estimate of drug-likeness (QED) is 0.783. The van der Waals surface area contributed by atoms with E-state index in [1.807, 2.05) is 0 Å². The number of aromatic nitrogens is 1. The van der Waals surface area contributed by atoms with Crippen LogP contribution in [0.25, 0.3) is 0 Å². The Balaban J connectivity index is 2.84. The summed E-state index contributed by atoms with van der Waals surface area (Å²) in [5, 5.41) is 0. The molecule has 1 rings (SSSR count). The van der Waals surface area contributed by atoms with Crippen LogP contribution in [0.2, 0.25) is 0 Å². The van der Waals surface area contributed by atoms with Crippen molar-refractivity contribution in [2.75, 3.05) is 0 Å². The molecule has 1 heterocycles. The van der Waals surface area contributed by atoms with E-state index < -0.39 is 7.60 Å². The van der Waals surface area contributed by atoms with Crippen molar-refractivity contribution in [1.29, 1.82) is 0 Å². The highest BCUT2D eigenvalue weighted by Gasteiger charge is 2.14. The van der Waals surface area contributed by atoms with Crippen molar-refractivity contribution in [3.63, 3.8) is 0 Å². The predicted octanol–water partition coefficient (Wildman–Crippen LogP) is 1.52. The molecule has 0 amide bonds. The van der Waals surface area contributed by atoms with Crippen molar-refractivity contribution < 1.29 is 14.4 Å². The smallest absolute Gasteiger partial charge is 0.324 e. The first-order valence-corrected chi connectivity index (χ1v) is 5.71. The fourth-order valence-corrected chi connectivity index (χ4v) is 1.72. The molecule has 1 aromatic rings. The predicted molar refractivity (Wildman–Crippen MR) is 47.7 cm³/mol. The largest absolute Gasteiger partial charge is 0.331 e. The van der Waals surface area contributed by atoms with Crippen LogP contribution < -0.4 is 0 Å². The van der Waals surface area contributed by atoms with Gasteiger partial charge in [-0.15, -0.1) is 0 Å². The Hall–Kier alpha value is -0.220. The number of pyridine rings is 1. The van der Waals surface area contributed by atoms with Crippen LogP contribution in [0.5, 0.6) is 0 Å². The van der Waals surface area contributed by atoms with Gasteiger partial charge in [0, 0.05) is 10.7 Å². The Labute approximate surface area is 77.9 Å². The average Bonchev–Trinajstić information content (AvgIpc) is 1.82. The van der Waals surface area contributed by atoms with Gasteiger partial charge in [0.2, 0.25) is 0 Å². The van der Waals surface area contributed by atoms with E-state index in [1.165, 1.54) is 6.20 Å². The lowest BCUT2D eigenvalue weighted by Crippen LogP contribution is -1.90. The van der Waals surface area contributed by atoms with Crippen LogP contribution in [-0.2, 0) is 10.7 Å². The Morgan fingerprint density at radius 1 is 1.58 bits per heavy atom. The highest BCUT2D eigenvalue weighted by molar-refractivity contribution is 9.10. The van der Waals surface area contributed by atoms with Crippen LogP contribution in [0.1, 0.15) is 5.69 Å². The molecular formula is C6H7BrNO3P. The lowest BCUT2D eigenvalue weighted by atomic mass is 10.4. The molecule has 0 fully saturated rings. The maximum absolute atomic E-state index is 10.6. The van der Waals surface area contributed by atoms with Gasteiger partial charge < -0.3 is 9.79 Å². The summed E-state index contributed by atoms with van der Waals surface area (Å²) in [4.78, 5) is 21.0. The van der Waals surface area contributed by atoms with Crippen molar-refractivity contribution in [2.24, 2.45) is 0 Å². The summed E-state index contributed by atoms with van der Waals surface area (Å²) in [7, 11) is -3.99. The summed E-state index contributed by atoms with van der Waals surface area (Å²) in [6.45, 7) is 0. The summed E-state index contributed by atoms with van der Waals surface area (Å²) >= 11 is 3.18. The van der Waals surface area contributed by atoms with Crippen molar-refractivity contribution in [2.45, 2.75) is 6.16 Å².